The molecule has 0 heterocycles. The molecule has 2 atom stereocenters. The zero-order valence-electron chi connectivity index (χ0n) is 11.6. The average molecular weight is 240 g/mol. The van der Waals surface area contributed by atoms with Crippen molar-refractivity contribution in [3.05, 3.63) is 0 Å². The highest BCUT2D eigenvalue weighted by Gasteiger charge is 2.27. The van der Waals surface area contributed by atoms with E-state index in [1.807, 2.05) is 11.8 Å². The molecule has 0 radical (unpaired) electrons. The Hall–Kier alpha value is -0.570. The van der Waals surface area contributed by atoms with Crippen LogP contribution in [0.2, 0.25) is 0 Å². The highest BCUT2D eigenvalue weighted by atomic mass is 16.2. The van der Waals surface area contributed by atoms with E-state index in [-0.39, 0.29) is 12.0 Å². The smallest absolute Gasteiger partial charge is 0.225 e. The van der Waals surface area contributed by atoms with Gasteiger partial charge >= 0.3 is 0 Å². The van der Waals surface area contributed by atoms with Crippen LogP contribution < -0.4 is 5.73 Å². The molecule has 1 aliphatic rings. The van der Waals surface area contributed by atoms with Gasteiger partial charge in [-0.25, -0.2) is 0 Å². The number of amides is 1. The summed E-state index contributed by atoms with van der Waals surface area (Å²) in [6.07, 6.45) is 5.67. The number of rotatable bonds is 8. The van der Waals surface area contributed by atoms with Crippen molar-refractivity contribution < 1.29 is 4.79 Å². The van der Waals surface area contributed by atoms with Crippen LogP contribution in [0.4, 0.5) is 0 Å². The van der Waals surface area contributed by atoms with Gasteiger partial charge in [0, 0.05) is 25.0 Å². The molecule has 0 aliphatic heterocycles. The van der Waals surface area contributed by atoms with Crippen LogP contribution in [0, 0.1) is 11.8 Å². The van der Waals surface area contributed by atoms with E-state index in [1.165, 1.54) is 12.8 Å². The summed E-state index contributed by atoms with van der Waals surface area (Å²) in [6, 6.07) is 0.256. The Balaban J connectivity index is 2.27. The predicted molar refractivity (Wildman–Crippen MR) is 71.6 cm³/mol. The quantitative estimate of drug-likeness (QED) is 0.708. The first-order valence-corrected chi connectivity index (χ1v) is 7.09. The van der Waals surface area contributed by atoms with E-state index in [4.69, 9.17) is 5.73 Å². The van der Waals surface area contributed by atoms with Gasteiger partial charge in [-0.2, -0.15) is 0 Å². The topological polar surface area (TPSA) is 46.3 Å². The van der Waals surface area contributed by atoms with Crippen molar-refractivity contribution >= 4 is 5.91 Å². The summed E-state index contributed by atoms with van der Waals surface area (Å²) in [4.78, 5) is 14.2. The third-order valence-electron chi connectivity index (χ3n) is 3.59. The molecule has 2 unspecified atom stereocenters. The minimum Gasteiger partial charge on any atom is -0.342 e. The number of hydrogen-bond donors (Lipinski definition) is 1. The minimum absolute atomic E-state index is 0.160. The lowest BCUT2D eigenvalue weighted by atomic mass is 10.0. The predicted octanol–water partition coefficient (Wildman–Crippen LogP) is 2.40. The van der Waals surface area contributed by atoms with E-state index >= 15 is 0 Å². The molecule has 1 saturated carbocycles. The summed E-state index contributed by atoms with van der Waals surface area (Å²) in [5.41, 5.74) is 5.72. The van der Waals surface area contributed by atoms with Crippen molar-refractivity contribution in [3.63, 3.8) is 0 Å². The zero-order chi connectivity index (χ0) is 12.8. The second kappa shape index (κ2) is 7.00. The molecule has 0 saturated heterocycles. The van der Waals surface area contributed by atoms with Crippen LogP contribution in [0.1, 0.15) is 52.9 Å². The van der Waals surface area contributed by atoms with Crippen molar-refractivity contribution in [2.45, 2.75) is 58.9 Å². The van der Waals surface area contributed by atoms with E-state index in [0.717, 1.165) is 38.3 Å². The summed E-state index contributed by atoms with van der Waals surface area (Å²) < 4.78 is 0. The van der Waals surface area contributed by atoms with Crippen molar-refractivity contribution in [3.8, 4) is 0 Å². The molecule has 0 bridgehead atoms. The molecule has 0 aromatic heterocycles. The summed E-state index contributed by atoms with van der Waals surface area (Å²) in [5.74, 6) is 1.28. The fraction of sp³-hybridized carbons (Fsp3) is 0.929. The van der Waals surface area contributed by atoms with Gasteiger partial charge in [0.2, 0.25) is 5.91 Å². The molecule has 1 amide bonds. The molecule has 0 spiro atoms. The van der Waals surface area contributed by atoms with Crippen LogP contribution in [0.25, 0.3) is 0 Å². The first kappa shape index (κ1) is 14.5. The van der Waals surface area contributed by atoms with Crippen LogP contribution in [0.5, 0.6) is 0 Å². The van der Waals surface area contributed by atoms with E-state index in [0.29, 0.717) is 5.91 Å². The van der Waals surface area contributed by atoms with Gasteiger partial charge in [0.25, 0.3) is 0 Å². The fourth-order valence-corrected chi connectivity index (χ4v) is 2.17. The molecule has 1 aliphatic carbocycles. The van der Waals surface area contributed by atoms with Gasteiger partial charge in [-0.05, 0) is 45.4 Å². The first-order chi connectivity index (χ1) is 8.04. The minimum atomic E-state index is 0.160. The standard InChI is InChI=1S/C14H28N2O/c1-4-16(10-13-8-9-13)14(17)11(2)6-5-7-12(3)15/h11-13H,4-10,15H2,1-3H3. The Labute approximate surface area is 106 Å². The highest BCUT2D eigenvalue weighted by molar-refractivity contribution is 5.78. The number of hydrogen-bond acceptors (Lipinski definition) is 2. The van der Waals surface area contributed by atoms with E-state index in [9.17, 15) is 4.79 Å². The molecule has 17 heavy (non-hydrogen) atoms. The number of nitrogens with two attached hydrogens (primary N) is 1. The lowest BCUT2D eigenvalue weighted by Gasteiger charge is -2.24. The Morgan fingerprint density at radius 3 is 2.47 bits per heavy atom. The number of carbonyl (C=O) groups is 1. The maximum absolute atomic E-state index is 12.2. The third kappa shape index (κ3) is 5.53. The highest BCUT2D eigenvalue weighted by Crippen LogP contribution is 2.30. The molecule has 100 valence electrons. The van der Waals surface area contributed by atoms with Gasteiger partial charge in [0.15, 0.2) is 0 Å². The van der Waals surface area contributed by atoms with Crippen molar-refractivity contribution in [2.24, 2.45) is 17.6 Å². The fourth-order valence-electron chi connectivity index (χ4n) is 2.17. The maximum Gasteiger partial charge on any atom is 0.225 e. The Kier molecular flexibility index (Phi) is 5.96. The van der Waals surface area contributed by atoms with Crippen LogP contribution in [-0.2, 0) is 4.79 Å². The molecular weight excluding hydrogens is 212 g/mol. The molecule has 2 N–H and O–H groups in total. The van der Waals surface area contributed by atoms with Gasteiger partial charge in [0.05, 0.1) is 0 Å². The average Bonchev–Trinajstić information content (AvgIpc) is 3.08. The molecule has 0 aromatic carbocycles. The van der Waals surface area contributed by atoms with Crippen molar-refractivity contribution in [1.29, 1.82) is 0 Å². The molecule has 3 nitrogen and oxygen atoms in total. The molecule has 3 heteroatoms. The van der Waals surface area contributed by atoms with Crippen LogP contribution in [-0.4, -0.2) is 29.9 Å². The summed E-state index contributed by atoms with van der Waals surface area (Å²) in [6.45, 7) is 7.99. The normalized spacial score (nSPS) is 18.8. The summed E-state index contributed by atoms with van der Waals surface area (Å²) in [5, 5.41) is 0. The Morgan fingerprint density at radius 2 is 2.00 bits per heavy atom. The van der Waals surface area contributed by atoms with Crippen molar-refractivity contribution in [1.82, 2.24) is 4.90 Å². The summed E-state index contributed by atoms with van der Waals surface area (Å²) in [7, 11) is 0. The Bertz CT molecular complexity index is 236. The SMILES string of the molecule is CCN(CC1CC1)C(=O)C(C)CCCC(C)N. The third-order valence-corrected chi connectivity index (χ3v) is 3.59. The lowest BCUT2D eigenvalue weighted by Crippen LogP contribution is -2.36. The van der Waals surface area contributed by atoms with E-state index in [1.54, 1.807) is 0 Å². The van der Waals surface area contributed by atoms with E-state index < -0.39 is 0 Å². The zero-order valence-corrected chi connectivity index (χ0v) is 11.6. The van der Waals surface area contributed by atoms with Gasteiger partial charge in [-0.1, -0.05) is 13.3 Å². The monoisotopic (exact) mass is 240 g/mol. The second-order valence-corrected chi connectivity index (χ2v) is 5.63. The lowest BCUT2D eigenvalue weighted by molar-refractivity contribution is -0.135. The summed E-state index contributed by atoms with van der Waals surface area (Å²) >= 11 is 0. The second-order valence-electron chi connectivity index (χ2n) is 5.63. The number of nitrogens with zero attached hydrogens (tertiary/aromatic N) is 1. The van der Waals surface area contributed by atoms with Gasteiger partial charge < -0.3 is 10.6 Å². The van der Waals surface area contributed by atoms with Gasteiger partial charge in [-0.15, -0.1) is 0 Å². The molecule has 1 fully saturated rings. The maximum atomic E-state index is 12.2. The van der Waals surface area contributed by atoms with E-state index in [2.05, 4.69) is 13.8 Å². The molecule has 0 aromatic rings. The molecular formula is C14H28N2O. The largest absolute Gasteiger partial charge is 0.342 e. The first-order valence-electron chi connectivity index (χ1n) is 7.09. The van der Waals surface area contributed by atoms with Crippen LogP contribution in [0.15, 0.2) is 0 Å². The van der Waals surface area contributed by atoms with Crippen LogP contribution >= 0.6 is 0 Å². The Morgan fingerprint density at radius 1 is 1.35 bits per heavy atom. The van der Waals surface area contributed by atoms with Gasteiger partial charge in [0.1, 0.15) is 0 Å². The van der Waals surface area contributed by atoms with Gasteiger partial charge in [-0.3, -0.25) is 4.79 Å². The van der Waals surface area contributed by atoms with Crippen molar-refractivity contribution in [2.75, 3.05) is 13.1 Å². The molecule has 1 rings (SSSR count). The number of carbonyl (C=O) groups excluding carboxylic acids is 1. The van der Waals surface area contributed by atoms with Crippen LogP contribution in [0.3, 0.4) is 0 Å².